The number of nitrogens with one attached hydrogen (secondary N) is 4. The van der Waals surface area contributed by atoms with Gasteiger partial charge in [0.1, 0.15) is 23.8 Å². The molecule has 0 aromatic carbocycles. The molecule has 12 nitrogen and oxygen atoms in total. The predicted molar refractivity (Wildman–Crippen MR) is 180 cm³/mol. The van der Waals surface area contributed by atoms with Crippen LogP contribution in [0.2, 0.25) is 0 Å². The van der Waals surface area contributed by atoms with Crippen LogP contribution in [0.5, 0.6) is 0 Å². The zero-order chi connectivity index (χ0) is 35.0. The summed E-state index contributed by atoms with van der Waals surface area (Å²) in [5.74, 6) is -3.29. The molecule has 1 saturated heterocycles. The van der Waals surface area contributed by atoms with Crippen molar-refractivity contribution in [2.24, 2.45) is 23.2 Å². The topological polar surface area (TPSA) is 167 Å². The highest BCUT2D eigenvalue weighted by atomic mass is 16.2. The first kappa shape index (κ1) is 36.7. The Labute approximate surface area is 283 Å². The van der Waals surface area contributed by atoms with Crippen molar-refractivity contribution in [3.63, 3.8) is 0 Å². The second-order valence-electron chi connectivity index (χ2n) is 14.5. The van der Waals surface area contributed by atoms with Gasteiger partial charge in [-0.05, 0) is 61.0 Å². The average molecular weight is 665 g/mol. The Hall–Kier alpha value is -4.09. The van der Waals surface area contributed by atoms with E-state index in [0.717, 1.165) is 44.9 Å². The van der Waals surface area contributed by atoms with Gasteiger partial charge in [0.05, 0.1) is 6.04 Å². The fourth-order valence-electron chi connectivity index (χ4n) is 7.00. The van der Waals surface area contributed by atoms with E-state index in [0.29, 0.717) is 19.4 Å². The van der Waals surface area contributed by atoms with Crippen molar-refractivity contribution in [1.29, 1.82) is 0 Å². The lowest BCUT2D eigenvalue weighted by atomic mass is 9.82. The van der Waals surface area contributed by atoms with Crippen molar-refractivity contribution < 1.29 is 28.8 Å². The van der Waals surface area contributed by atoms with Crippen LogP contribution in [0.4, 0.5) is 0 Å². The highest BCUT2D eigenvalue weighted by Gasteiger charge is 2.58. The molecule has 6 atom stereocenters. The number of fused-ring (bicyclic) bond motifs is 1. The van der Waals surface area contributed by atoms with Crippen LogP contribution in [0.3, 0.4) is 0 Å². The molecule has 3 fully saturated rings. The number of nitrogens with zero attached hydrogens (tertiary/aromatic N) is 2. The maximum atomic E-state index is 14.4. The van der Waals surface area contributed by atoms with Gasteiger partial charge in [-0.15, -0.1) is 6.58 Å². The van der Waals surface area contributed by atoms with E-state index in [1.807, 2.05) is 27.7 Å². The molecule has 3 aliphatic rings. The van der Waals surface area contributed by atoms with Crippen LogP contribution in [0, 0.1) is 23.2 Å². The van der Waals surface area contributed by atoms with E-state index < -0.39 is 59.0 Å². The van der Waals surface area contributed by atoms with E-state index >= 15 is 0 Å². The molecule has 1 unspecified atom stereocenters. The first-order valence-electron chi connectivity index (χ1n) is 17.4. The minimum atomic E-state index is -1.02. The maximum absolute atomic E-state index is 14.4. The largest absolute Gasteiger partial charge is 0.346 e. The number of likely N-dealkylation sites (tertiary alicyclic amines) is 1. The summed E-state index contributed by atoms with van der Waals surface area (Å²) in [6.45, 7) is 11.6. The Balaban J connectivity index is 1.53. The Morgan fingerprint density at radius 1 is 1.04 bits per heavy atom. The lowest BCUT2D eigenvalue weighted by molar-refractivity contribution is -0.146. The van der Waals surface area contributed by atoms with Gasteiger partial charge in [0.2, 0.25) is 23.5 Å². The van der Waals surface area contributed by atoms with Gasteiger partial charge in [0.25, 0.3) is 11.8 Å². The summed E-state index contributed by atoms with van der Waals surface area (Å²) in [6.07, 6.45) is 9.96. The predicted octanol–water partition coefficient (Wildman–Crippen LogP) is 2.68. The zero-order valence-electron chi connectivity index (χ0n) is 28.8. The average Bonchev–Trinajstić information content (AvgIpc) is 3.74. The number of rotatable bonds is 15. The Morgan fingerprint density at radius 3 is 2.40 bits per heavy atom. The molecular formula is C36H52N6O6. The number of Topliss-reactive ketones (excluding diaryl/α,β-unsaturated/α-hetero) is 1. The summed E-state index contributed by atoms with van der Waals surface area (Å²) < 4.78 is 0. The quantitative estimate of drug-likeness (QED) is 0.165. The number of piperidine rings is 1. The van der Waals surface area contributed by atoms with Gasteiger partial charge in [0.15, 0.2) is 0 Å². The van der Waals surface area contributed by atoms with Crippen molar-refractivity contribution in [2.75, 3.05) is 13.1 Å². The van der Waals surface area contributed by atoms with Crippen molar-refractivity contribution in [1.82, 2.24) is 31.2 Å². The number of pyridine rings is 1. The summed E-state index contributed by atoms with van der Waals surface area (Å²) in [5.41, 5.74) is -0.528. The van der Waals surface area contributed by atoms with Gasteiger partial charge in [-0.1, -0.05) is 71.9 Å². The van der Waals surface area contributed by atoms with Crippen LogP contribution in [0.15, 0.2) is 37.1 Å². The highest BCUT2D eigenvalue weighted by molar-refractivity contribution is 6.38. The molecule has 0 spiro atoms. The first-order valence-corrected chi connectivity index (χ1v) is 17.4. The summed E-state index contributed by atoms with van der Waals surface area (Å²) in [4.78, 5) is 86.6. The van der Waals surface area contributed by atoms with Crippen molar-refractivity contribution in [3.8, 4) is 0 Å². The molecule has 2 heterocycles. The summed E-state index contributed by atoms with van der Waals surface area (Å²) >= 11 is 0. The number of hydrogen-bond acceptors (Lipinski definition) is 7. The van der Waals surface area contributed by atoms with E-state index in [1.54, 1.807) is 18.2 Å². The molecule has 12 heteroatoms. The first-order chi connectivity index (χ1) is 22.9. The molecule has 2 aliphatic carbocycles. The molecule has 4 N–H and O–H groups in total. The molecule has 48 heavy (non-hydrogen) atoms. The molecule has 5 amide bonds. The molecule has 0 radical (unpaired) electrons. The lowest BCUT2D eigenvalue weighted by Crippen LogP contribution is -2.62. The molecule has 262 valence electrons. The molecule has 1 aromatic heterocycles. The monoisotopic (exact) mass is 664 g/mol. The summed E-state index contributed by atoms with van der Waals surface area (Å²) in [5, 5.41) is 11.2. The molecule has 0 bridgehead atoms. The third-order valence-electron chi connectivity index (χ3n) is 9.80. The summed E-state index contributed by atoms with van der Waals surface area (Å²) in [6, 6.07) is 1.31. The Morgan fingerprint density at radius 2 is 1.77 bits per heavy atom. The minimum Gasteiger partial charge on any atom is -0.346 e. The van der Waals surface area contributed by atoms with E-state index in [4.69, 9.17) is 0 Å². The van der Waals surface area contributed by atoms with Crippen LogP contribution in [0.1, 0.15) is 96.0 Å². The van der Waals surface area contributed by atoms with Crippen molar-refractivity contribution >= 4 is 35.3 Å². The number of carbonyl (C=O) groups is 6. The normalized spacial score (nSPS) is 22.3. The van der Waals surface area contributed by atoms with Gasteiger partial charge < -0.3 is 26.2 Å². The number of carbonyl (C=O) groups excluding carboxylic acids is 6. The number of amides is 5. The van der Waals surface area contributed by atoms with Gasteiger partial charge in [0, 0.05) is 19.3 Å². The smallest absolute Gasteiger partial charge is 0.289 e. The third kappa shape index (κ3) is 9.08. The molecule has 2 saturated carbocycles. The van der Waals surface area contributed by atoms with E-state index in [9.17, 15) is 28.8 Å². The zero-order valence-corrected chi connectivity index (χ0v) is 28.8. The van der Waals surface area contributed by atoms with Gasteiger partial charge in [-0.3, -0.25) is 33.8 Å². The molecule has 4 rings (SSSR count). The SMILES string of the molecule is C=CCNC(=O)C(=O)C(CCCC)NC(=O)[C@@H]1[C@H]2C[C@H]2CN1C(=O)[C@@H](NC(=O)[C@@H](NC(=O)c1ccccn1)C1CCCCC1)C(C)(C)C. The molecular weight excluding hydrogens is 612 g/mol. The van der Waals surface area contributed by atoms with Crippen LogP contribution >= 0.6 is 0 Å². The second-order valence-corrected chi connectivity index (χ2v) is 14.5. The second kappa shape index (κ2) is 16.3. The third-order valence-corrected chi connectivity index (χ3v) is 9.80. The van der Waals surface area contributed by atoms with Crippen molar-refractivity contribution in [2.45, 2.75) is 110 Å². The fourth-order valence-corrected chi connectivity index (χ4v) is 7.00. The van der Waals surface area contributed by atoms with Gasteiger partial charge >= 0.3 is 0 Å². The maximum Gasteiger partial charge on any atom is 0.289 e. The van der Waals surface area contributed by atoms with Crippen LogP contribution < -0.4 is 21.3 Å². The molecule has 1 aromatic rings. The molecule has 1 aliphatic heterocycles. The number of ketones is 1. The van der Waals surface area contributed by atoms with Crippen LogP contribution in [-0.2, 0) is 24.0 Å². The number of aromatic nitrogens is 1. The van der Waals surface area contributed by atoms with Gasteiger partial charge in [-0.2, -0.15) is 0 Å². The standard InChI is InChI=1S/C36H52N6O6/c1-6-8-16-25(29(43)34(47)38-18-7-2)39-33(46)28-24-20-23(24)21-42(28)35(48)30(36(3,4)5)41-32(45)27(22-14-10-9-11-15-22)40-31(44)26-17-12-13-19-37-26/h7,12-13,17,19,22-25,27-28,30H,2,6,8-11,14-16,18,20-21H2,1,3-5H3,(H,38,47)(H,39,46)(H,40,44)(H,41,45)/t23-,24-,25?,27-,28-,30+/m0/s1. The Bertz CT molecular complexity index is 1350. The number of hydrogen-bond donors (Lipinski definition) is 4. The van der Waals surface area contributed by atoms with Crippen LogP contribution in [0.25, 0.3) is 0 Å². The van der Waals surface area contributed by atoms with E-state index in [-0.39, 0.29) is 35.9 Å². The van der Waals surface area contributed by atoms with E-state index in [2.05, 4.69) is 32.8 Å². The Kier molecular flexibility index (Phi) is 12.5. The highest BCUT2D eigenvalue weighted by Crippen LogP contribution is 2.50. The van der Waals surface area contributed by atoms with Gasteiger partial charge in [-0.25, -0.2) is 0 Å². The fraction of sp³-hybridized carbons (Fsp3) is 0.639. The summed E-state index contributed by atoms with van der Waals surface area (Å²) in [7, 11) is 0. The van der Waals surface area contributed by atoms with E-state index in [1.165, 1.54) is 17.2 Å². The lowest BCUT2D eigenvalue weighted by Gasteiger charge is -2.38. The number of unbranched alkanes of at least 4 members (excludes halogenated alkanes) is 1. The minimum absolute atomic E-state index is 0.0607. The van der Waals surface area contributed by atoms with Crippen LogP contribution in [-0.4, -0.2) is 82.5 Å². The van der Waals surface area contributed by atoms with Crippen molar-refractivity contribution in [3.05, 3.63) is 42.7 Å².